The molecule has 0 aromatic rings. The summed E-state index contributed by atoms with van der Waals surface area (Å²) in [4.78, 5) is 11.1. The van der Waals surface area contributed by atoms with Crippen LogP contribution in [0.3, 0.4) is 0 Å². The van der Waals surface area contributed by atoms with Crippen LogP contribution in [0.25, 0.3) is 0 Å². The van der Waals surface area contributed by atoms with E-state index in [1.165, 1.54) is 0 Å². The third kappa shape index (κ3) is 1.37. The number of nitrogens with one attached hydrogen (secondary N) is 1. The highest BCUT2D eigenvalue weighted by Crippen LogP contribution is 2.28. The van der Waals surface area contributed by atoms with E-state index in [2.05, 4.69) is 12.2 Å². The Balaban J connectivity index is 2.56. The molecule has 0 radical (unpaired) electrons. The summed E-state index contributed by atoms with van der Waals surface area (Å²) in [6.45, 7) is 5.76. The predicted octanol–water partition coefficient (Wildman–Crippen LogP) is 0.965. The minimum Gasteiger partial charge on any atom is -0.317 e. The average Bonchev–Trinajstić information content (AvgIpc) is 1.89. The lowest BCUT2D eigenvalue weighted by molar-refractivity contribution is -0.126. The normalized spacial score (nSPS) is 24.2. The molecule has 1 saturated heterocycles. The van der Waals surface area contributed by atoms with E-state index in [1.54, 1.807) is 6.92 Å². The van der Waals surface area contributed by atoms with Gasteiger partial charge in [0.1, 0.15) is 5.78 Å². The highest BCUT2D eigenvalue weighted by atomic mass is 16.1. The highest BCUT2D eigenvalue weighted by Gasteiger charge is 2.30. The van der Waals surface area contributed by atoms with E-state index < -0.39 is 0 Å². The summed E-state index contributed by atoms with van der Waals surface area (Å²) in [5.41, 5.74) is -0.0226. The molecule has 2 heteroatoms. The Hall–Kier alpha value is -0.370. The molecule has 0 spiro atoms. The Morgan fingerprint density at radius 2 is 1.90 bits per heavy atom. The summed E-state index contributed by atoms with van der Waals surface area (Å²) in [7, 11) is 0. The van der Waals surface area contributed by atoms with Crippen molar-refractivity contribution < 1.29 is 4.79 Å². The number of carbonyl (C=O) groups excluding carboxylic acids is 1. The van der Waals surface area contributed by atoms with Crippen molar-refractivity contribution in [2.75, 3.05) is 13.1 Å². The van der Waals surface area contributed by atoms with E-state index >= 15 is 0 Å². The summed E-state index contributed by atoms with van der Waals surface area (Å²) in [6.07, 6.45) is 2.00. The number of rotatable bonds is 1. The van der Waals surface area contributed by atoms with Crippen molar-refractivity contribution in [3.05, 3.63) is 0 Å². The summed E-state index contributed by atoms with van der Waals surface area (Å²) in [6, 6.07) is 0. The maximum atomic E-state index is 11.1. The van der Waals surface area contributed by atoms with Crippen molar-refractivity contribution in [1.82, 2.24) is 5.32 Å². The average molecular weight is 141 g/mol. The number of piperidine rings is 1. The highest BCUT2D eigenvalue weighted by molar-refractivity contribution is 5.82. The van der Waals surface area contributed by atoms with E-state index in [-0.39, 0.29) is 5.41 Å². The largest absolute Gasteiger partial charge is 0.317 e. The van der Waals surface area contributed by atoms with E-state index in [0.29, 0.717) is 5.78 Å². The molecular formula is C8H15NO. The van der Waals surface area contributed by atoms with Crippen molar-refractivity contribution in [2.24, 2.45) is 5.41 Å². The van der Waals surface area contributed by atoms with Crippen LogP contribution < -0.4 is 5.32 Å². The van der Waals surface area contributed by atoms with Gasteiger partial charge >= 0.3 is 0 Å². The van der Waals surface area contributed by atoms with Gasteiger partial charge in [-0.15, -0.1) is 0 Å². The Kier molecular flexibility index (Phi) is 2.09. The first-order chi connectivity index (χ1) is 4.65. The van der Waals surface area contributed by atoms with E-state index in [4.69, 9.17) is 0 Å². The summed E-state index contributed by atoms with van der Waals surface area (Å²) < 4.78 is 0. The van der Waals surface area contributed by atoms with Gasteiger partial charge in [-0.3, -0.25) is 4.79 Å². The number of carbonyl (C=O) groups is 1. The molecule has 1 aliphatic rings. The van der Waals surface area contributed by atoms with Crippen molar-refractivity contribution in [3.63, 3.8) is 0 Å². The van der Waals surface area contributed by atoms with Gasteiger partial charge in [0.25, 0.3) is 0 Å². The fourth-order valence-electron chi connectivity index (χ4n) is 1.33. The minimum absolute atomic E-state index is 0.0226. The van der Waals surface area contributed by atoms with Crippen LogP contribution in [-0.4, -0.2) is 18.9 Å². The first-order valence-electron chi connectivity index (χ1n) is 3.87. The molecule has 0 bridgehead atoms. The van der Waals surface area contributed by atoms with Crippen LogP contribution in [0.2, 0.25) is 0 Å². The maximum absolute atomic E-state index is 11.1. The van der Waals surface area contributed by atoms with Crippen LogP contribution in [0.5, 0.6) is 0 Å². The molecule has 0 atom stereocenters. The van der Waals surface area contributed by atoms with Crippen molar-refractivity contribution >= 4 is 5.78 Å². The molecular weight excluding hydrogens is 126 g/mol. The van der Waals surface area contributed by atoms with Crippen LogP contribution >= 0.6 is 0 Å². The van der Waals surface area contributed by atoms with Crippen molar-refractivity contribution in [1.29, 1.82) is 0 Å². The zero-order valence-corrected chi connectivity index (χ0v) is 6.74. The third-order valence-electron chi connectivity index (χ3n) is 2.56. The molecule has 0 amide bonds. The Labute approximate surface area is 62.0 Å². The van der Waals surface area contributed by atoms with Crippen LogP contribution in [-0.2, 0) is 4.79 Å². The molecule has 0 unspecified atom stereocenters. The zero-order valence-electron chi connectivity index (χ0n) is 6.74. The quantitative estimate of drug-likeness (QED) is 0.589. The van der Waals surface area contributed by atoms with Crippen LogP contribution in [0.4, 0.5) is 0 Å². The smallest absolute Gasteiger partial charge is 0.135 e. The molecule has 0 saturated carbocycles. The van der Waals surface area contributed by atoms with Crippen molar-refractivity contribution in [2.45, 2.75) is 26.7 Å². The number of hydrogen-bond acceptors (Lipinski definition) is 2. The van der Waals surface area contributed by atoms with Crippen LogP contribution in [0.15, 0.2) is 0 Å². The lowest BCUT2D eigenvalue weighted by atomic mass is 9.78. The molecule has 1 heterocycles. The number of Topliss-reactive ketones (excluding diaryl/α,β-unsaturated/α-hetero) is 1. The lowest BCUT2D eigenvalue weighted by Gasteiger charge is -2.31. The van der Waals surface area contributed by atoms with Gasteiger partial charge in [0.2, 0.25) is 0 Å². The molecule has 0 aliphatic carbocycles. The van der Waals surface area contributed by atoms with E-state index in [0.717, 1.165) is 25.9 Å². The van der Waals surface area contributed by atoms with Gasteiger partial charge < -0.3 is 5.32 Å². The predicted molar refractivity (Wildman–Crippen MR) is 40.9 cm³/mol. The zero-order chi connectivity index (χ0) is 7.61. The second-order valence-electron chi connectivity index (χ2n) is 3.37. The summed E-state index contributed by atoms with van der Waals surface area (Å²) in [5, 5.41) is 3.24. The van der Waals surface area contributed by atoms with Crippen LogP contribution in [0.1, 0.15) is 26.7 Å². The van der Waals surface area contributed by atoms with Gasteiger partial charge in [0.15, 0.2) is 0 Å². The molecule has 1 aliphatic heterocycles. The van der Waals surface area contributed by atoms with Gasteiger partial charge in [0, 0.05) is 5.41 Å². The van der Waals surface area contributed by atoms with Crippen LogP contribution in [0, 0.1) is 5.41 Å². The molecule has 1 N–H and O–H groups in total. The molecule has 0 aromatic heterocycles. The van der Waals surface area contributed by atoms with Crippen molar-refractivity contribution in [3.8, 4) is 0 Å². The minimum atomic E-state index is -0.0226. The van der Waals surface area contributed by atoms with Gasteiger partial charge in [-0.2, -0.15) is 0 Å². The molecule has 0 aromatic carbocycles. The lowest BCUT2D eigenvalue weighted by Crippen LogP contribution is -2.38. The van der Waals surface area contributed by atoms with E-state index in [9.17, 15) is 4.79 Å². The molecule has 1 fully saturated rings. The monoisotopic (exact) mass is 141 g/mol. The standard InChI is InChI=1S/C8H15NO/c1-7(10)8(2)3-5-9-6-4-8/h9H,3-6H2,1-2H3. The molecule has 10 heavy (non-hydrogen) atoms. The topological polar surface area (TPSA) is 29.1 Å². The first-order valence-corrected chi connectivity index (χ1v) is 3.87. The van der Waals surface area contributed by atoms with Gasteiger partial charge in [-0.1, -0.05) is 6.92 Å². The number of ketones is 1. The molecule has 1 rings (SSSR count). The first kappa shape index (κ1) is 7.73. The van der Waals surface area contributed by atoms with E-state index in [1.807, 2.05) is 0 Å². The molecule has 2 nitrogen and oxygen atoms in total. The van der Waals surface area contributed by atoms with Gasteiger partial charge in [-0.25, -0.2) is 0 Å². The third-order valence-corrected chi connectivity index (χ3v) is 2.56. The summed E-state index contributed by atoms with van der Waals surface area (Å²) >= 11 is 0. The Bertz CT molecular complexity index is 136. The second-order valence-corrected chi connectivity index (χ2v) is 3.37. The summed E-state index contributed by atoms with van der Waals surface area (Å²) in [5.74, 6) is 0.342. The maximum Gasteiger partial charge on any atom is 0.135 e. The fraction of sp³-hybridized carbons (Fsp3) is 0.875. The number of hydrogen-bond donors (Lipinski definition) is 1. The molecule has 58 valence electrons. The Morgan fingerprint density at radius 1 is 1.40 bits per heavy atom. The fourth-order valence-corrected chi connectivity index (χ4v) is 1.33. The SMILES string of the molecule is CC(=O)C1(C)CCNCC1. The Morgan fingerprint density at radius 3 is 2.20 bits per heavy atom. The second kappa shape index (κ2) is 2.70. The van der Waals surface area contributed by atoms with Gasteiger partial charge in [-0.05, 0) is 32.9 Å². The van der Waals surface area contributed by atoms with Gasteiger partial charge in [0.05, 0.1) is 0 Å².